The third-order valence-electron chi connectivity index (χ3n) is 6.52. The first kappa shape index (κ1) is 23.5. The zero-order valence-electron chi connectivity index (χ0n) is 20.5. The summed E-state index contributed by atoms with van der Waals surface area (Å²) in [5.41, 5.74) is 11.4. The molecule has 0 radical (unpaired) electrons. The largest absolute Gasteiger partial charge is 0.487 e. The van der Waals surface area contributed by atoms with E-state index in [1.807, 2.05) is 54.9 Å². The second-order valence-corrected chi connectivity index (χ2v) is 9.07. The van der Waals surface area contributed by atoms with Crippen LogP contribution in [0.25, 0.3) is 22.3 Å². The fourth-order valence-corrected chi connectivity index (χ4v) is 4.73. The lowest BCUT2D eigenvalue weighted by atomic mass is 10.1. The molecule has 1 aliphatic heterocycles. The molecule has 1 amide bonds. The number of anilines is 1. The van der Waals surface area contributed by atoms with Crippen molar-refractivity contribution < 1.29 is 9.53 Å². The summed E-state index contributed by atoms with van der Waals surface area (Å²) in [5.74, 6) is 1.08. The summed E-state index contributed by atoms with van der Waals surface area (Å²) in [7, 11) is 0. The summed E-state index contributed by atoms with van der Waals surface area (Å²) in [5, 5.41) is 5.67. The van der Waals surface area contributed by atoms with Crippen LogP contribution < -0.4 is 10.5 Å². The topological polar surface area (TPSA) is 112 Å². The number of benzene rings is 1. The van der Waals surface area contributed by atoms with E-state index in [1.165, 1.54) is 12.4 Å². The molecule has 3 aromatic heterocycles. The SMILES string of the molecule is C=CC(=O)N1CCC[C@@H](n2nc(-c3ccc(OCc4cccc(C)n4)c(C)c3)c3c(N)ncnc32)C1. The van der Waals surface area contributed by atoms with Crippen LogP contribution in [0.3, 0.4) is 0 Å². The highest BCUT2D eigenvalue weighted by molar-refractivity contribution is 5.98. The molecule has 1 aliphatic rings. The molecule has 1 aromatic carbocycles. The lowest BCUT2D eigenvalue weighted by Gasteiger charge is -2.32. The van der Waals surface area contributed by atoms with Gasteiger partial charge in [0.1, 0.15) is 30.2 Å². The van der Waals surface area contributed by atoms with Crippen LogP contribution in [0.4, 0.5) is 5.82 Å². The van der Waals surface area contributed by atoms with Crippen molar-refractivity contribution in [2.24, 2.45) is 0 Å². The molecule has 1 fully saturated rings. The van der Waals surface area contributed by atoms with Crippen LogP contribution in [-0.4, -0.2) is 48.6 Å². The predicted octanol–water partition coefficient (Wildman–Crippen LogP) is 4.02. The maximum absolute atomic E-state index is 12.2. The van der Waals surface area contributed by atoms with Gasteiger partial charge in [-0.1, -0.05) is 12.6 Å². The van der Waals surface area contributed by atoms with Gasteiger partial charge < -0.3 is 15.4 Å². The number of likely N-dealkylation sites (tertiary alicyclic amines) is 1. The normalized spacial score (nSPS) is 15.7. The van der Waals surface area contributed by atoms with Gasteiger partial charge in [0.15, 0.2) is 5.65 Å². The number of aryl methyl sites for hydroxylation is 2. The number of pyridine rings is 1. The number of nitrogens with two attached hydrogens (primary N) is 1. The molecule has 4 aromatic rings. The van der Waals surface area contributed by atoms with Gasteiger partial charge in [0.2, 0.25) is 5.91 Å². The molecule has 0 aliphatic carbocycles. The Morgan fingerprint density at radius 1 is 1.25 bits per heavy atom. The van der Waals surface area contributed by atoms with E-state index in [4.69, 9.17) is 15.6 Å². The number of rotatable bonds is 6. The Balaban J connectivity index is 1.47. The molecular formula is C27H29N7O2. The minimum atomic E-state index is -0.0717. The predicted molar refractivity (Wildman–Crippen MR) is 138 cm³/mol. The second kappa shape index (κ2) is 9.77. The first-order valence-electron chi connectivity index (χ1n) is 12.0. The minimum Gasteiger partial charge on any atom is -0.487 e. The van der Waals surface area contributed by atoms with Crippen LogP contribution in [0.1, 0.15) is 35.8 Å². The molecule has 4 heterocycles. The monoisotopic (exact) mass is 483 g/mol. The van der Waals surface area contributed by atoms with Crippen molar-refractivity contribution in [3.05, 3.63) is 72.3 Å². The molecule has 5 rings (SSSR count). The summed E-state index contributed by atoms with van der Waals surface area (Å²) in [6.45, 7) is 9.24. The quantitative estimate of drug-likeness (QED) is 0.412. The molecule has 9 heteroatoms. The number of nitrogens with zero attached hydrogens (tertiary/aromatic N) is 6. The third kappa shape index (κ3) is 4.51. The Kier molecular flexibility index (Phi) is 6.37. The van der Waals surface area contributed by atoms with Crippen LogP contribution in [-0.2, 0) is 11.4 Å². The standard InChI is InChI=1S/C27H29N7O2/c1-4-23(35)33-12-6-9-21(14-33)34-27-24(26(28)29-16-30-27)25(32-34)19-10-11-22(17(2)13-19)36-15-20-8-5-7-18(3)31-20/h4-5,7-8,10-11,13,16,21H,1,6,9,12,14-15H2,2-3H3,(H2,28,29,30)/t21-/m1/s1. The van der Waals surface area contributed by atoms with Gasteiger partial charge in [0, 0.05) is 24.3 Å². The molecular weight excluding hydrogens is 454 g/mol. The smallest absolute Gasteiger partial charge is 0.246 e. The van der Waals surface area contributed by atoms with Crippen molar-refractivity contribution >= 4 is 22.8 Å². The highest BCUT2D eigenvalue weighted by Crippen LogP contribution is 2.35. The number of carbonyl (C=O) groups is 1. The minimum absolute atomic E-state index is 0.0151. The van der Waals surface area contributed by atoms with E-state index in [-0.39, 0.29) is 11.9 Å². The van der Waals surface area contributed by atoms with E-state index < -0.39 is 0 Å². The Bertz CT molecular complexity index is 1450. The van der Waals surface area contributed by atoms with Gasteiger partial charge in [-0.05, 0) is 68.7 Å². The number of hydrogen-bond acceptors (Lipinski definition) is 7. The van der Waals surface area contributed by atoms with Crippen LogP contribution in [0.2, 0.25) is 0 Å². The van der Waals surface area contributed by atoms with Gasteiger partial charge in [-0.25, -0.2) is 14.6 Å². The zero-order chi connectivity index (χ0) is 25.2. The molecule has 0 bridgehead atoms. The third-order valence-corrected chi connectivity index (χ3v) is 6.52. The number of hydrogen-bond donors (Lipinski definition) is 1. The number of carbonyl (C=O) groups excluding carboxylic acids is 1. The Hall–Kier alpha value is -4.27. The van der Waals surface area contributed by atoms with Gasteiger partial charge in [0.05, 0.1) is 17.1 Å². The van der Waals surface area contributed by atoms with Gasteiger partial charge in [-0.3, -0.25) is 9.78 Å². The van der Waals surface area contributed by atoms with E-state index in [0.29, 0.717) is 42.2 Å². The number of amides is 1. The first-order chi connectivity index (χ1) is 17.4. The maximum Gasteiger partial charge on any atom is 0.246 e. The van der Waals surface area contributed by atoms with Gasteiger partial charge in [-0.15, -0.1) is 0 Å². The molecule has 2 N–H and O–H groups in total. The van der Waals surface area contributed by atoms with Crippen LogP contribution in [0.15, 0.2) is 55.4 Å². The molecule has 9 nitrogen and oxygen atoms in total. The van der Waals surface area contributed by atoms with Crippen molar-refractivity contribution in [3.8, 4) is 17.0 Å². The highest BCUT2D eigenvalue weighted by atomic mass is 16.5. The van der Waals surface area contributed by atoms with E-state index in [9.17, 15) is 4.79 Å². The fourth-order valence-electron chi connectivity index (χ4n) is 4.73. The van der Waals surface area contributed by atoms with Crippen LogP contribution in [0.5, 0.6) is 5.75 Å². The van der Waals surface area contributed by atoms with Crippen molar-refractivity contribution in [2.75, 3.05) is 18.8 Å². The maximum atomic E-state index is 12.2. The average Bonchev–Trinajstić information content (AvgIpc) is 3.29. The van der Waals surface area contributed by atoms with Crippen molar-refractivity contribution in [1.29, 1.82) is 0 Å². The number of ether oxygens (including phenoxy) is 1. The van der Waals surface area contributed by atoms with E-state index in [0.717, 1.165) is 41.1 Å². The summed E-state index contributed by atoms with van der Waals surface area (Å²) in [6, 6.07) is 11.8. The average molecular weight is 484 g/mol. The lowest BCUT2D eigenvalue weighted by Crippen LogP contribution is -2.40. The molecule has 1 saturated heterocycles. The Labute approximate surface area is 209 Å². The van der Waals surface area contributed by atoms with E-state index in [1.54, 1.807) is 4.90 Å². The molecule has 0 spiro atoms. The molecule has 184 valence electrons. The summed E-state index contributed by atoms with van der Waals surface area (Å²) in [4.78, 5) is 27.3. The highest BCUT2D eigenvalue weighted by Gasteiger charge is 2.28. The van der Waals surface area contributed by atoms with E-state index in [2.05, 4.69) is 21.5 Å². The van der Waals surface area contributed by atoms with Crippen LogP contribution in [0, 0.1) is 13.8 Å². The first-order valence-corrected chi connectivity index (χ1v) is 12.0. The number of piperidine rings is 1. The molecule has 1 atom stereocenters. The molecule has 0 saturated carbocycles. The Morgan fingerprint density at radius 2 is 2.11 bits per heavy atom. The fraction of sp³-hybridized carbons (Fsp3) is 0.296. The zero-order valence-corrected chi connectivity index (χ0v) is 20.5. The van der Waals surface area contributed by atoms with Crippen molar-refractivity contribution in [1.82, 2.24) is 29.6 Å². The van der Waals surface area contributed by atoms with Crippen molar-refractivity contribution in [2.45, 2.75) is 39.3 Å². The molecule has 0 unspecified atom stereocenters. The van der Waals surface area contributed by atoms with E-state index >= 15 is 0 Å². The summed E-state index contributed by atoms with van der Waals surface area (Å²) in [6.07, 6.45) is 4.58. The van der Waals surface area contributed by atoms with Crippen molar-refractivity contribution in [3.63, 3.8) is 0 Å². The lowest BCUT2D eigenvalue weighted by molar-refractivity contribution is -0.127. The number of nitrogen functional groups attached to an aromatic ring is 1. The van der Waals surface area contributed by atoms with Gasteiger partial charge in [0.25, 0.3) is 0 Å². The van der Waals surface area contributed by atoms with Gasteiger partial charge in [-0.2, -0.15) is 5.10 Å². The summed E-state index contributed by atoms with van der Waals surface area (Å²) >= 11 is 0. The molecule has 36 heavy (non-hydrogen) atoms. The second-order valence-electron chi connectivity index (χ2n) is 9.07. The van der Waals surface area contributed by atoms with Crippen LogP contribution >= 0.6 is 0 Å². The van der Waals surface area contributed by atoms with Gasteiger partial charge >= 0.3 is 0 Å². The Morgan fingerprint density at radius 3 is 2.89 bits per heavy atom. The summed E-state index contributed by atoms with van der Waals surface area (Å²) < 4.78 is 7.94. The number of aromatic nitrogens is 5. The number of fused-ring (bicyclic) bond motifs is 1.